The van der Waals surface area contributed by atoms with Gasteiger partial charge in [-0.3, -0.25) is 0 Å². The first kappa shape index (κ1) is 24.7. The minimum Gasteiger partial charge on any atom is -0.478 e. The predicted molar refractivity (Wildman–Crippen MR) is 103 cm³/mol. The quantitative estimate of drug-likeness (QED) is 0.192. The van der Waals surface area contributed by atoms with E-state index in [2.05, 4.69) is 5.32 Å². The molecule has 9 N–H and O–H groups in total. The first-order valence-corrected chi connectivity index (χ1v) is 9.86. The molecule has 180 valence electrons. The van der Waals surface area contributed by atoms with Crippen molar-refractivity contribution in [3.05, 3.63) is 29.8 Å². The molecule has 1 aromatic carbocycles. The number of hydrogen-bond donors (Lipinski definition) is 9. The SMILES string of the molecule is O=C(O)c1ccc(N[C@H]2O[C@@H](CO)[C@@H](O[C@H]3O[C@@H](CO)[C@@H](O)[C@@H](O)[C@H]3O)[C@@H](O)[C@H]2O)cc1. The normalized spacial score (nSPS) is 40.1. The van der Waals surface area contributed by atoms with E-state index in [1.807, 2.05) is 0 Å². The molecule has 0 radical (unpaired) electrons. The van der Waals surface area contributed by atoms with Gasteiger partial charge >= 0.3 is 5.97 Å². The van der Waals surface area contributed by atoms with Crippen molar-refractivity contribution >= 4 is 11.7 Å². The fourth-order valence-electron chi connectivity index (χ4n) is 3.58. The Morgan fingerprint density at radius 2 is 1.47 bits per heavy atom. The van der Waals surface area contributed by atoms with Gasteiger partial charge in [0.05, 0.1) is 18.8 Å². The van der Waals surface area contributed by atoms with Crippen LogP contribution in [0.25, 0.3) is 0 Å². The number of benzene rings is 1. The Morgan fingerprint density at radius 1 is 0.844 bits per heavy atom. The maximum atomic E-state index is 10.9. The molecule has 0 aliphatic carbocycles. The van der Waals surface area contributed by atoms with Crippen molar-refractivity contribution in [1.29, 1.82) is 0 Å². The van der Waals surface area contributed by atoms with Crippen molar-refractivity contribution in [3.8, 4) is 0 Å². The monoisotopic (exact) mass is 461 g/mol. The van der Waals surface area contributed by atoms with Crippen LogP contribution in [-0.4, -0.2) is 121 Å². The molecule has 0 bridgehead atoms. The Kier molecular flexibility index (Phi) is 8.00. The summed E-state index contributed by atoms with van der Waals surface area (Å²) in [6.45, 7) is -1.35. The number of carboxylic acids is 1. The second-order valence-electron chi connectivity index (χ2n) is 7.58. The summed E-state index contributed by atoms with van der Waals surface area (Å²) in [7, 11) is 0. The minimum atomic E-state index is -1.75. The number of rotatable bonds is 7. The van der Waals surface area contributed by atoms with Gasteiger partial charge in [0.2, 0.25) is 0 Å². The van der Waals surface area contributed by atoms with Crippen LogP contribution >= 0.6 is 0 Å². The van der Waals surface area contributed by atoms with Gasteiger partial charge in [-0.1, -0.05) is 0 Å². The molecular formula is C19H27NO12. The number of carbonyl (C=O) groups is 1. The molecular weight excluding hydrogens is 434 g/mol. The minimum absolute atomic E-state index is 0.0434. The molecule has 2 saturated heterocycles. The highest BCUT2D eigenvalue weighted by Gasteiger charge is 2.50. The van der Waals surface area contributed by atoms with Crippen LogP contribution < -0.4 is 5.32 Å². The van der Waals surface area contributed by atoms with Crippen LogP contribution in [0.5, 0.6) is 0 Å². The van der Waals surface area contributed by atoms with E-state index >= 15 is 0 Å². The Bertz CT molecular complexity index is 759. The lowest BCUT2D eigenvalue weighted by molar-refractivity contribution is -0.340. The van der Waals surface area contributed by atoms with Crippen LogP contribution in [0.1, 0.15) is 10.4 Å². The number of carboxylic acid groups (broad SMARTS) is 1. The van der Waals surface area contributed by atoms with Gasteiger partial charge in [-0.15, -0.1) is 0 Å². The smallest absolute Gasteiger partial charge is 0.335 e. The summed E-state index contributed by atoms with van der Waals surface area (Å²) < 4.78 is 16.3. The highest BCUT2D eigenvalue weighted by atomic mass is 16.7. The van der Waals surface area contributed by atoms with E-state index in [-0.39, 0.29) is 5.56 Å². The van der Waals surface area contributed by atoms with Crippen LogP contribution in [0.2, 0.25) is 0 Å². The van der Waals surface area contributed by atoms with Crippen LogP contribution in [0.4, 0.5) is 5.69 Å². The lowest BCUT2D eigenvalue weighted by Gasteiger charge is -2.46. The Hall–Kier alpha value is -1.91. The van der Waals surface area contributed by atoms with Crippen LogP contribution in [0, 0.1) is 0 Å². The third-order valence-electron chi connectivity index (χ3n) is 5.44. The molecule has 2 fully saturated rings. The molecule has 0 amide bonds. The van der Waals surface area contributed by atoms with E-state index in [0.29, 0.717) is 5.69 Å². The van der Waals surface area contributed by atoms with Gasteiger partial charge in [0, 0.05) is 5.69 Å². The van der Waals surface area contributed by atoms with Crippen molar-refractivity contribution in [2.45, 2.75) is 61.3 Å². The van der Waals surface area contributed by atoms with Crippen molar-refractivity contribution in [2.75, 3.05) is 18.5 Å². The average molecular weight is 461 g/mol. The molecule has 10 atom stereocenters. The molecule has 13 heteroatoms. The summed E-state index contributed by atoms with van der Waals surface area (Å²) in [5.74, 6) is -1.12. The lowest BCUT2D eigenvalue weighted by Crippen LogP contribution is -2.65. The molecule has 13 nitrogen and oxygen atoms in total. The van der Waals surface area contributed by atoms with Gasteiger partial charge in [0.25, 0.3) is 0 Å². The summed E-state index contributed by atoms with van der Waals surface area (Å²) in [4.78, 5) is 10.9. The zero-order chi connectivity index (χ0) is 23.6. The van der Waals surface area contributed by atoms with Crippen molar-refractivity contribution in [2.24, 2.45) is 0 Å². The number of anilines is 1. The van der Waals surface area contributed by atoms with Gasteiger partial charge in [0.15, 0.2) is 12.5 Å². The topological polar surface area (TPSA) is 219 Å². The highest BCUT2D eigenvalue weighted by Crippen LogP contribution is 2.29. The van der Waals surface area contributed by atoms with E-state index < -0.39 is 80.5 Å². The van der Waals surface area contributed by atoms with E-state index in [9.17, 15) is 40.5 Å². The summed E-state index contributed by atoms with van der Waals surface area (Å²) >= 11 is 0. The van der Waals surface area contributed by atoms with Gasteiger partial charge < -0.3 is 60.4 Å². The number of aliphatic hydroxyl groups is 7. The molecule has 1 aromatic rings. The Balaban J connectivity index is 1.70. The third-order valence-corrected chi connectivity index (χ3v) is 5.44. The molecule has 2 heterocycles. The van der Waals surface area contributed by atoms with Crippen molar-refractivity contribution in [3.63, 3.8) is 0 Å². The number of nitrogens with one attached hydrogen (secondary N) is 1. The Labute approximate surface area is 182 Å². The van der Waals surface area contributed by atoms with Crippen LogP contribution in [-0.2, 0) is 14.2 Å². The van der Waals surface area contributed by atoms with E-state index in [0.717, 1.165) is 0 Å². The molecule has 2 aliphatic heterocycles. The fourth-order valence-corrected chi connectivity index (χ4v) is 3.58. The van der Waals surface area contributed by atoms with Crippen molar-refractivity contribution < 1.29 is 59.9 Å². The standard InChI is InChI=1S/C19H27NO12/c21-5-9-11(23)12(24)15(27)19(31-9)32-16-10(6-22)30-17(14(26)13(16)25)20-8-3-1-7(2-4-8)18(28)29/h1-4,9-17,19-27H,5-6H2,(H,28,29)/t9-,10-,11+,12+,13-,14+,15+,16+,17-,19+/m0/s1. The number of aromatic carboxylic acids is 1. The molecule has 0 aromatic heterocycles. The number of aliphatic hydroxyl groups excluding tert-OH is 7. The second kappa shape index (κ2) is 10.4. The second-order valence-corrected chi connectivity index (χ2v) is 7.58. The highest BCUT2D eigenvalue weighted by molar-refractivity contribution is 5.88. The third kappa shape index (κ3) is 5.02. The Morgan fingerprint density at radius 3 is 2.03 bits per heavy atom. The van der Waals surface area contributed by atoms with Crippen molar-refractivity contribution in [1.82, 2.24) is 0 Å². The number of hydrogen-bond acceptors (Lipinski definition) is 12. The maximum absolute atomic E-state index is 10.9. The molecule has 0 spiro atoms. The van der Waals surface area contributed by atoms with E-state index in [1.165, 1.54) is 24.3 Å². The number of ether oxygens (including phenoxy) is 3. The van der Waals surface area contributed by atoms with Crippen LogP contribution in [0.3, 0.4) is 0 Å². The first-order valence-electron chi connectivity index (χ1n) is 9.86. The fraction of sp³-hybridized carbons (Fsp3) is 0.632. The van der Waals surface area contributed by atoms with Gasteiger partial charge in [-0.05, 0) is 24.3 Å². The molecule has 0 unspecified atom stereocenters. The van der Waals surface area contributed by atoms with Gasteiger partial charge in [-0.2, -0.15) is 0 Å². The summed E-state index contributed by atoms with van der Waals surface area (Å²) in [6.07, 6.45) is -15.0. The molecule has 3 rings (SSSR count). The lowest BCUT2D eigenvalue weighted by atomic mass is 9.96. The largest absolute Gasteiger partial charge is 0.478 e. The zero-order valence-electron chi connectivity index (χ0n) is 16.7. The van der Waals surface area contributed by atoms with E-state index in [1.54, 1.807) is 0 Å². The van der Waals surface area contributed by atoms with Crippen LogP contribution in [0.15, 0.2) is 24.3 Å². The van der Waals surface area contributed by atoms with E-state index in [4.69, 9.17) is 19.3 Å². The maximum Gasteiger partial charge on any atom is 0.335 e. The molecule has 32 heavy (non-hydrogen) atoms. The zero-order valence-corrected chi connectivity index (χ0v) is 16.7. The van der Waals surface area contributed by atoms with Gasteiger partial charge in [-0.25, -0.2) is 4.79 Å². The molecule has 0 saturated carbocycles. The summed E-state index contributed by atoms with van der Waals surface area (Å²) in [5, 5.41) is 81.6. The summed E-state index contributed by atoms with van der Waals surface area (Å²) in [5.41, 5.74) is 0.415. The van der Waals surface area contributed by atoms with Gasteiger partial charge in [0.1, 0.15) is 48.8 Å². The molecule has 2 aliphatic rings. The first-order chi connectivity index (χ1) is 15.2. The average Bonchev–Trinajstić information content (AvgIpc) is 2.79. The predicted octanol–water partition coefficient (Wildman–Crippen LogP) is -3.58. The summed E-state index contributed by atoms with van der Waals surface area (Å²) in [6, 6.07) is 5.50.